The molecule has 0 atom stereocenters. The van der Waals surface area contributed by atoms with Gasteiger partial charge in [0.1, 0.15) is 4.88 Å². The zero-order valence-electron chi connectivity index (χ0n) is 13.0. The molecule has 0 spiro atoms. The van der Waals surface area contributed by atoms with Crippen molar-refractivity contribution in [1.29, 1.82) is 0 Å². The first-order chi connectivity index (χ1) is 10.7. The number of para-hydroxylation sites is 1. The molecule has 1 aliphatic rings. The molecule has 3 aromatic rings. The van der Waals surface area contributed by atoms with E-state index in [1.54, 1.807) is 0 Å². The van der Waals surface area contributed by atoms with Gasteiger partial charge in [-0.3, -0.25) is 9.20 Å². The average molecular weight is 350 g/mol. The SMILES string of the molecule is Cc1c(C(N)=O)sc2nc3cccc(C4CCCCC4)c3n12.Cl. The normalized spacial score (nSPS) is 15.9. The van der Waals surface area contributed by atoms with Gasteiger partial charge < -0.3 is 5.73 Å². The maximum atomic E-state index is 11.6. The lowest BCUT2D eigenvalue weighted by atomic mass is 9.83. The van der Waals surface area contributed by atoms with Gasteiger partial charge in [0.15, 0.2) is 4.96 Å². The van der Waals surface area contributed by atoms with Gasteiger partial charge in [-0.1, -0.05) is 42.7 Å². The van der Waals surface area contributed by atoms with Crippen molar-refractivity contribution < 1.29 is 4.79 Å². The fourth-order valence-electron chi connectivity index (χ4n) is 3.75. The number of benzene rings is 1. The highest BCUT2D eigenvalue weighted by Crippen LogP contribution is 2.38. The Labute approximate surface area is 145 Å². The maximum Gasteiger partial charge on any atom is 0.260 e. The van der Waals surface area contributed by atoms with E-state index in [4.69, 9.17) is 10.7 Å². The Morgan fingerprint density at radius 3 is 2.74 bits per heavy atom. The second-order valence-electron chi connectivity index (χ2n) is 6.16. The molecule has 4 nitrogen and oxygen atoms in total. The zero-order valence-corrected chi connectivity index (χ0v) is 14.7. The number of nitrogens with zero attached hydrogens (tertiary/aromatic N) is 2. The van der Waals surface area contributed by atoms with Gasteiger partial charge >= 0.3 is 0 Å². The molecule has 23 heavy (non-hydrogen) atoms. The number of fused-ring (bicyclic) bond motifs is 3. The third kappa shape index (κ3) is 2.52. The van der Waals surface area contributed by atoms with E-state index < -0.39 is 0 Å². The van der Waals surface area contributed by atoms with E-state index in [0.717, 1.165) is 16.2 Å². The number of hydrogen-bond acceptors (Lipinski definition) is 3. The summed E-state index contributed by atoms with van der Waals surface area (Å²) in [5.41, 5.74) is 9.98. The van der Waals surface area contributed by atoms with Crippen molar-refractivity contribution in [3.63, 3.8) is 0 Å². The summed E-state index contributed by atoms with van der Waals surface area (Å²) in [5, 5.41) is 0. The Balaban J connectivity index is 0.00000156. The lowest BCUT2D eigenvalue weighted by Crippen LogP contribution is -2.11. The van der Waals surface area contributed by atoms with Crippen molar-refractivity contribution in [2.45, 2.75) is 44.9 Å². The quantitative estimate of drug-likeness (QED) is 0.744. The monoisotopic (exact) mass is 349 g/mol. The van der Waals surface area contributed by atoms with Crippen molar-refractivity contribution in [2.75, 3.05) is 0 Å². The number of thiazole rings is 1. The third-order valence-electron chi connectivity index (χ3n) is 4.80. The first kappa shape index (κ1) is 16.3. The Morgan fingerprint density at radius 1 is 1.30 bits per heavy atom. The molecule has 1 saturated carbocycles. The second kappa shape index (κ2) is 6.13. The molecule has 6 heteroatoms. The minimum atomic E-state index is -0.365. The van der Waals surface area contributed by atoms with E-state index in [1.165, 1.54) is 54.5 Å². The number of imidazole rings is 1. The standard InChI is InChI=1S/C17H19N3OS.ClH/c1-10-15(16(18)21)22-17-19-13-9-5-8-12(14(13)20(10)17)11-6-3-2-4-7-11;/h5,8-9,11H,2-4,6-7H2,1H3,(H2,18,21);1H. The van der Waals surface area contributed by atoms with Gasteiger partial charge in [-0.2, -0.15) is 0 Å². The molecule has 4 rings (SSSR count). The van der Waals surface area contributed by atoms with Crippen molar-refractivity contribution in [3.8, 4) is 0 Å². The molecule has 122 valence electrons. The predicted octanol–water partition coefficient (Wildman–Crippen LogP) is 4.43. The molecular formula is C17H20ClN3OS. The van der Waals surface area contributed by atoms with Crippen LogP contribution in [0.1, 0.15) is 59.0 Å². The van der Waals surface area contributed by atoms with Gasteiger partial charge in [0.05, 0.1) is 11.0 Å². The summed E-state index contributed by atoms with van der Waals surface area (Å²) in [6, 6.07) is 6.39. The number of rotatable bonds is 2. The van der Waals surface area contributed by atoms with Crippen molar-refractivity contribution in [3.05, 3.63) is 34.3 Å². The third-order valence-corrected chi connectivity index (χ3v) is 5.96. The first-order valence-electron chi connectivity index (χ1n) is 7.87. The van der Waals surface area contributed by atoms with E-state index in [-0.39, 0.29) is 18.3 Å². The lowest BCUT2D eigenvalue weighted by molar-refractivity contribution is 0.100. The maximum absolute atomic E-state index is 11.6. The van der Waals surface area contributed by atoms with Crippen LogP contribution < -0.4 is 5.73 Å². The van der Waals surface area contributed by atoms with Gasteiger partial charge in [0.25, 0.3) is 5.91 Å². The van der Waals surface area contributed by atoms with E-state index in [0.29, 0.717) is 10.8 Å². The number of aryl methyl sites for hydroxylation is 1. The molecule has 0 aliphatic heterocycles. The molecule has 0 unspecified atom stereocenters. The molecule has 1 aromatic carbocycles. The molecular weight excluding hydrogens is 330 g/mol. The molecule has 0 radical (unpaired) electrons. The fourth-order valence-corrected chi connectivity index (χ4v) is 4.73. The summed E-state index contributed by atoms with van der Waals surface area (Å²) in [7, 11) is 0. The van der Waals surface area contributed by atoms with E-state index in [9.17, 15) is 4.79 Å². The van der Waals surface area contributed by atoms with Crippen LogP contribution in [0.3, 0.4) is 0 Å². The average Bonchev–Trinajstić information content (AvgIpc) is 3.05. The van der Waals surface area contributed by atoms with Crippen molar-refractivity contribution >= 4 is 45.6 Å². The minimum Gasteiger partial charge on any atom is -0.365 e. The highest BCUT2D eigenvalue weighted by atomic mass is 35.5. The Bertz CT molecular complexity index is 877. The zero-order chi connectivity index (χ0) is 15.3. The number of carbonyl (C=O) groups is 1. The molecule has 2 N–H and O–H groups in total. The number of hydrogen-bond donors (Lipinski definition) is 1. The van der Waals surface area contributed by atoms with Crippen LogP contribution in [0, 0.1) is 6.92 Å². The summed E-state index contributed by atoms with van der Waals surface area (Å²) in [6.45, 7) is 1.96. The van der Waals surface area contributed by atoms with Crippen LogP contribution in [0.5, 0.6) is 0 Å². The Morgan fingerprint density at radius 2 is 2.04 bits per heavy atom. The van der Waals surface area contributed by atoms with Crippen LogP contribution in [0.2, 0.25) is 0 Å². The van der Waals surface area contributed by atoms with Crippen LogP contribution >= 0.6 is 23.7 Å². The molecule has 1 aliphatic carbocycles. The second-order valence-corrected chi connectivity index (χ2v) is 7.14. The van der Waals surface area contributed by atoms with Crippen molar-refractivity contribution in [2.24, 2.45) is 5.73 Å². The van der Waals surface area contributed by atoms with Gasteiger partial charge in [-0.05, 0) is 37.3 Å². The summed E-state index contributed by atoms with van der Waals surface area (Å²) < 4.78 is 2.13. The summed E-state index contributed by atoms with van der Waals surface area (Å²) >= 11 is 1.39. The molecule has 0 saturated heterocycles. The van der Waals surface area contributed by atoms with Gasteiger partial charge in [-0.25, -0.2) is 4.98 Å². The molecule has 1 fully saturated rings. The van der Waals surface area contributed by atoms with Gasteiger partial charge in [-0.15, -0.1) is 12.4 Å². The number of primary amides is 1. The van der Waals surface area contributed by atoms with Crippen molar-refractivity contribution in [1.82, 2.24) is 9.38 Å². The highest BCUT2D eigenvalue weighted by Gasteiger charge is 2.23. The predicted molar refractivity (Wildman–Crippen MR) is 96.9 cm³/mol. The molecule has 1 amide bonds. The van der Waals surface area contributed by atoms with Crippen LogP contribution in [0.15, 0.2) is 18.2 Å². The fraction of sp³-hybridized carbons (Fsp3) is 0.412. The van der Waals surface area contributed by atoms with E-state index >= 15 is 0 Å². The number of carbonyl (C=O) groups excluding carboxylic acids is 1. The minimum absolute atomic E-state index is 0. The number of nitrogens with two attached hydrogens (primary N) is 1. The van der Waals surface area contributed by atoms with E-state index in [2.05, 4.69) is 22.6 Å². The summed E-state index contributed by atoms with van der Waals surface area (Å²) in [4.78, 5) is 17.8. The molecule has 2 aromatic heterocycles. The Kier molecular flexibility index (Phi) is 4.34. The number of aromatic nitrogens is 2. The van der Waals surface area contributed by atoms with Gasteiger partial charge in [0, 0.05) is 5.69 Å². The highest BCUT2D eigenvalue weighted by molar-refractivity contribution is 7.19. The van der Waals surface area contributed by atoms with Crippen LogP contribution in [-0.2, 0) is 0 Å². The van der Waals surface area contributed by atoms with Gasteiger partial charge in [0.2, 0.25) is 0 Å². The van der Waals surface area contributed by atoms with Crippen LogP contribution in [0.4, 0.5) is 0 Å². The largest absolute Gasteiger partial charge is 0.365 e. The molecule has 0 bridgehead atoms. The smallest absolute Gasteiger partial charge is 0.260 e. The van der Waals surface area contributed by atoms with Crippen LogP contribution in [0.25, 0.3) is 16.0 Å². The number of halogens is 1. The van der Waals surface area contributed by atoms with Crippen LogP contribution in [-0.4, -0.2) is 15.3 Å². The first-order valence-corrected chi connectivity index (χ1v) is 8.68. The van der Waals surface area contributed by atoms with E-state index in [1.807, 2.05) is 6.92 Å². The lowest BCUT2D eigenvalue weighted by Gasteiger charge is -2.22. The Hall–Kier alpha value is -1.59. The summed E-state index contributed by atoms with van der Waals surface area (Å²) in [6.07, 6.45) is 6.45. The summed E-state index contributed by atoms with van der Waals surface area (Å²) in [5.74, 6) is 0.241. The topological polar surface area (TPSA) is 60.4 Å². The molecule has 2 heterocycles. The number of amides is 1.